The zero-order chi connectivity index (χ0) is 15.7. The predicted molar refractivity (Wildman–Crippen MR) is 78.8 cm³/mol. The molecule has 1 atom stereocenters. The molecule has 3 aromatic rings. The molecule has 0 unspecified atom stereocenters. The summed E-state index contributed by atoms with van der Waals surface area (Å²) in [6, 6.07) is 9.42. The number of hydrogen-bond donors (Lipinski definition) is 1. The molecule has 0 fully saturated rings. The Hall–Kier alpha value is -2.91. The number of rotatable bonds is 3. The van der Waals surface area contributed by atoms with Crippen molar-refractivity contribution >= 4 is 28.3 Å². The quantitative estimate of drug-likeness (QED) is 0.749. The van der Waals surface area contributed by atoms with Crippen LogP contribution in [0.2, 0.25) is 5.02 Å². The van der Waals surface area contributed by atoms with Gasteiger partial charge in [0, 0.05) is 5.02 Å². The van der Waals surface area contributed by atoms with Gasteiger partial charge in [0.2, 0.25) is 5.78 Å². The lowest BCUT2D eigenvalue weighted by Crippen LogP contribution is -2.19. The number of aromatic amines is 1. The van der Waals surface area contributed by atoms with Crippen molar-refractivity contribution in [1.29, 1.82) is 5.26 Å². The summed E-state index contributed by atoms with van der Waals surface area (Å²) in [5.41, 5.74) is -0.122. The van der Waals surface area contributed by atoms with Gasteiger partial charge in [0.25, 0.3) is 5.56 Å². The van der Waals surface area contributed by atoms with E-state index in [2.05, 4.69) is 9.97 Å². The second-order valence-electron chi connectivity index (χ2n) is 4.52. The van der Waals surface area contributed by atoms with Crippen molar-refractivity contribution < 1.29 is 9.21 Å². The van der Waals surface area contributed by atoms with Gasteiger partial charge in [0.15, 0.2) is 11.7 Å². The van der Waals surface area contributed by atoms with Crippen molar-refractivity contribution in [2.45, 2.75) is 5.92 Å². The highest BCUT2D eigenvalue weighted by Gasteiger charge is 2.26. The van der Waals surface area contributed by atoms with Gasteiger partial charge in [0.1, 0.15) is 5.82 Å². The minimum atomic E-state index is -1.26. The molecule has 0 radical (unpaired) electrons. The third kappa shape index (κ3) is 2.38. The van der Waals surface area contributed by atoms with Crippen LogP contribution < -0.4 is 5.56 Å². The Kier molecular flexibility index (Phi) is 3.49. The van der Waals surface area contributed by atoms with Crippen LogP contribution in [0.1, 0.15) is 22.3 Å². The molecule has 0 bridgehead atoms. The number of furan rings is 1. The first-order chi connectivity index (χ1) is 10.6. The van der Waals surface area contributed by atoms with Crippen molar-refractivity contribution in [1.82, 2.24) is 9.97 Å². The van der Waals surface area contributed by atoms with E-state index in [0.717, 1.165) is 0 Å². The number of fused-ring (bicyclic) bond motifs is 1. The van der Waals surface area contributed by atoms with Gasteiger partial charge >= 0.3 is 0 Å². The predicted octanol–water partition coefficient (Wildman–Crippen LogP) is 2.66. The van der Waals surface area contributed by atoms with E-state index in [1.807, 2.05) is 6.07 Å². The molecule has 108 valence electrons. The first kappa shape index (κ1) is 14.0. The number of carbonyl (C=O) groups is 1. The first-order valence-electron chi connectivity index (χ1n) is 6.27. The van der Waals surface area contributed by atoms with Crippen molar-refractivity contribution in [2.24, 2.45) is 0 Å². The number of nitrogens with zero attached hydrogens (tertiary/aromatic N) is 2. The number of H-pyrrole nitrogens is 1. The molecule has 0 aliphatic rings. The summed E-state index contributed by atoms with van der Waals surface area (Å²) in [6.45, 7) is 0. The van der Waals surface area contributed by atoms with Crippen molar-refractivity contribution in [3.05, 3.63) is 63.6 Å². The maximum Gasteiger partial charge on any atom is 0.258 e. The highest BCUT2D eigenvalue weighted by molar-refractivity contribution is 6.31. The topological polar surface area (TPSA) is 99.8 Å². The van der Waals surface area contributed by atoms with Crippen molar-refractivity contribution in [2.75, 3.05) is 0 Å². The average Bonchev–Trinajstić information content (AvgIpc) is 3.01. The molecule has 0 saturated carbocycles. The lowest BCUT2D eigenvalue weighted by Gasteiger charge is -2.07. The van der Waals surface area contributed by atoms with Crippen LogP contribution in [0, 0.1) is 11.3 Å². The highest BCUT2D eigenvalue weighted by atomic mass is 35.5. The molecule has 1 aromatic carbocycles. The monoisotopic (exact) mass is 313 g/mol. The highest BCUT2D eigenvalue weighted by Crippen LogP contribution is 2.20. The molecule has 2 aromatic heterocycles. The van der Waals surface area contributed by atoms with Gasteiger partial charge in [-0.3, -0.25) is 9.59 Å². The fourth-order valence-electron chi connectivity index (χ4n) is 2.07. The molecule has 7 heteroatoms. The Labute approximate surface area is 129 Å². The molecular weight excluding hydrogens is 306 g/mol. The van der Waals surface area contributed by atoms with E-state index >= 15 is 0 Å². The fraction of sp³-hybridized carbons (Fsp3) is 0.0667. The van der Waals surface area contributed by atoms with E-state index in [1.165, 1.54) is 30.5 Å². The summed E-state index contributed by atoms with van der Waals surface area (Å²) in [6.07, 6.45) is 1.33. The zero-order valence-electron chi connectivity index (χ0n) is 11.0. The summed E-state index contributed by atoms with van der Waals surface area (Å²) >= 11 is 5.88. The Morgan fingerprint density at radius 3 is 2.91 bits per heavy atom. The van der Waals surface area contributed by atoms with Gasteiger partial charge in [-0.25, -0.2) is 4.98 Å². The van der Waals surface area contributed by atoms with Gasteiger partial charge in [-0.2, -0.15) is 5.26 Å². The maximum absolute atomic E-state index is 12.2. The van der Waals surface area contributed by atoms with Gasteiger partial charge < -0.3 is 9.40 Å². The molecule has 6 nitrogen and oxygen atoms in total. The molecule has 0 amide bonds. The van der Waals surface area contributed by atoms with E-state index in [4.69, 9.17) is 16.0 Å². The van der Waals surface area contributed by atoms with Crippen LogP contribution in [0.4, 0.5) is 0 Å². The molecule has 0 saturated heterocycles. The lowest BCUT2D eigenvalue weighted by atomic mass is 10.0. The van der Waals surface area contributed by atoms with E-state index in [9.17, 15) is 14.9 Å². The van der Waals surface area contributed by atoms with E-state index < -0.39 is 17.3 Å². The molecule has 2 heterocycles. The lowest BCUT2D eigenvalue weighted by molar-refractivity contribution is 0.0949. The average molecular weight is 314 g/mol. The maximum atomic E-state index is 12.2. The molecule has 1 N–H and O–H groups in total. The van der Waals surface area contributed by atoms with E-state index in [1.54, 1.807) is 6.07 Å². The summed E-state index contributed by atoms with van der Waals surface area (Å²) in [4.78, 5) is 30.9. The smallest absolute Gasteiger partial charge is 0.258 e. The van der Waals surface area contributed by atoms with E-state index in [-0.39, 0.29) is 11.6 Å². The van der Waals surface area contributed by atoms with Crippen LogP contribution in [0.15, 0.2) is 45.8 Å². The van der Waals surface area contributed by atoms with Crippen molar-refractivity contribution in [3.63, 3.8) is 0 Å². The summed E-state index contributed by atoms with van der Waals surface area (Å²) in [7, 11) is 0. The first-order valence-corrected chi connectivity index (χ1v) is 6.65. The molecule has 22 heavy (non-hydrogen) atoms. The minimum absolute atomic E-state index is 0.0281. The Bertz CT molecular complexity index is 954. The number of nitriles is 1. The van der Waals surface area contributed by atoms with Gasteiger partial charge in [0.05, 0.1) is 23.2 Å². The number of benzene rings is 1. The van der Waals surface area contributed by atoms with Crippen LogP contribution in [0.25, 0.3) is 10.9 Å². The number of aromatic nitrogens is 2. The number of carbonyl (C=O) groups excluding carboxylic acids is 1. The molecule has 0 aliphatic carbocycles. The Morgan fingerprint density at radius 2 is 2.23 bits per heavy atom. The standard InChI is InChI=1S/C15H8ClN3O3/c16-8-3-4-9-11(6-8)18-14(19-15(9)21)10(7-17)13(20)12-2-1-5-22-12/h1-6,10H,(H,18,19,21)/t10-/m1/s1. The number of nitrogens with one attached hydrogen (secondary N) is 1. The van der Waals surface area contributed by atoms with Crippen molar-refractivity contribution in [3.8, 4) is 6.07 Å². The summed E-state index contributed by atoms with van der Waals surface area (Å²) in [5.74, 6) is -1.84. The van der Waals surface area contributed by atoms with Gasteiger partial charge in [-0.05, 0) is 30.3 Å². The number of Topliss-reactive ketones (excluding diaryl/α,β-unsaturated/α-hetero) is 1. The van der Waals surface area contributed by atoms with Gasteiger partial charge in [-0.1, -0.05) is 11.6 Å². The fourth-order valence-corrected chi connectivity index (χ4v) is 2.24. The molecule has 3 rings (SSSR count). The largest absolute Gasteiger partial charge is 0.461 e. The third-order valence-electron chi connectivity index (χ3n) is 3.12. The SMILES string of the molecule is N#C[C@H](C(=O)c1ccco1)c1nc2cc(Cl)ccc2c(=O)[nH]1. The molecular formula is C15H8ClN3O3. The molecule has 0 spiro atoms. The second kappa shape index (κ2) is 5.47. The van der Waals surface area contributed by atoms with Crippen LogP contribution in [-0.2, 0) is 0 Å². The number of ketones is 1. The van der Waals surface area contributed by atoms with E-state index in [0.29, 0.717) is 15.9 Å². The molecule has 0 aliphatic heterocycles. The minimum Gasteiger partial charge on any atom is -0.461 e. The van der Waals surface area contributed by atoms with Crippen LogP contribution >= 0.6 is 11.6 Å². The number of halogens is 1. The van der Waals surface area contributed by atoms with Crippen LogP contribution in [-0.4, -0.2) is 15.8 Å². The number of hydrogen-bond acceptors (Lipinski definition) is 5. The zero-order valence-corrected chi connectivity index (χ0v) is 11.8. The van der Waals surface area contributed by atoms with Crippen LogP contribution in [0.5, 0.6) is 0 Å². The summed E-state index contributed by atoms with van der Waals surface area (Å²) < 4.78 is 4.99. The summed E-state index contributed by atoms with van der Waals surface area (Å²) in [5, 5.41) is 10.00. The van der Waals surface area contributed by atoms with Crippen LogP contribution in [0.3, 0.4) is 0 Å². The Morgan fingerprint density at radius 1 is 1.41 bits per heavy atom. The second-order valence-corrected chi connectivity index (χ2v) is 4.95. The van der Waals surface area contributed by atoms with Gasteiger partial charge in [-0.15, -0.1) is 0 Å². The Balaban J connectivity index is 2.14. The third-order valence-corrected chi connectivity index (χ3v) is 3.35. The normalized spacial score (nSPS) is 12.0.